The summed E-state index contributed by atoms with van der Waals surface area (Å²) in [6, 6.07) is 10.9. The molecule has 0 radical (unpaired) electrons. The molecule has 0 saturated heterocycles. The summed E-state index contributed by atoms with van der Waals surface area (Å²) >= 11 is 0. The minimum Gasteiger partial charge on any atom is -0.490 e. The Hall–Kier alpha value is -3.28. The quantitative estimate of drug-likeness (QED) is 0.597. The maximum absolute atomic E-state index is 12.3. The first-order valence-electron chi connectivity index (χ1n) is 9.69. The lowest BCUT2D eigenvalue weighted by Crippen LogP contribution is -2.10. The van der Waals surface area contributed by atoms with Crippen molar-refractivity contribution in [2.75, 3.05) is 23.8 Å². The largest absolute Gasteiger partial charge is 0.490 e. The smallest absolute Gasteiger partial charge is 0.248 e. The highest BCUT2D eigenvalue weighted by atomic mass is 16.5. The number of amides is 2. The van der Waals surface area contributed by atoms with Gasteiger partial charge in [-0.2, -0.15) is 0 Å². The van der Waals surface area contributed by atoms with Gasteiger partial charge in [-0.1, -0.05) is 19.1 Å². The molecule has 0 aliphatic heterocycles. The van der Waals surface area contributed by atoms with Gasteiger partial charge in [0, 0.05) is 24.4 Å². The van der Waals surface area contributed by atoms with Crippen LogP contribution in [0.2, 0.25) is 0 Å². The molecule has 0 spiro atoms. The van der Waals surface area contributed by atoms with Gasteiger partial charge in [0.25, 0.3) is 0 Å². The van der Waals surface area contributed by atoms with Gasteiger partial charge in [0.05, 0.1) is 13.2 Å². The van der Waals surface area contributed by atoms with E-state index in [9.17, 15) is 9.59 Å². The van der Waals surface area contributed by atoms with E-state index in [0.29, 0.717) is 36.1 Å². The Morgan fingerprint density at radius 2 is 1.79 bits per heavy atom. The summed E-state index contributed by atoms with van der Waals surface area (Å²) in [6.45, 7) is 8.44. The second-order valence-electron chi connectivity index (χ2n) is 6.52. The van der Waals surface area contributed by atoms with Gasteiger partial charge in [0.15, 0.2) is 11.5 Å². The van der Waals surface area contributed by atoms with Crippen LogP contribution in [0.1, 0.15) is 38.3 Å². The summed E-state index contributed by atoms with van der Waals surface area (Å²) in [5.41, 5.74) is 3.02. The first-order valence-corrected chi connectivity index (χ1v) is 9.69. The molecule has 0 aliphatic rings. The van der Waals surface area contributed by atoms with Gasteiger partial charge in [0.1, 0.15) is 0 Å². The zero-order valence-electron chi connectivity index (χ0n) is 17.4. The zero-order valence-corrected chi connectivity index (χ0v) is 17.4. The normalized spacial score (nSPS) is 10.6. The number of ether oxygens (including phenoxy) is 2. The lowest BCUT2D eigenvalue weighted by atomic mass is 10.1. The zero-order chi connectivity index (χ0) is 21.2. The van der Waals surface area contributed by atoms with Gasteiger partial charge in [-0.15, -0.1) is 0 Å². The fourth-order valence-electron chi connectivity index (χ4n) is 2.61. The van der Waals surface area contributed by atoms with Crippen molar-refractivity contribution in [2.24, 2.45) is 0 Å². The number of rotatable bonds is 9. The maximum atomic E-state index is 12.3. The van der Waals surface area contributed by atoms with E-state index in [0.717, 1.165) is 17.5 Å². The highest BCUT2D eigenvalue weighted by molar-refractivity contribution is 6.02. The highest BCUT2D eigenvalue weighted by Crippen LogP contribution is 2.29. The van der Waals surface area contributed by atoms with Crippen LogP contribution in [0, 0.1) is 6.92 Å². The molecule has 0 aliphatic carbocycles. The van der Waals surface area contributed by atoms with Crippen molar-refractivity contribution in [1.29, 1.82) is 0 Å². The predicted octanol–water partition coefficient (Wildman–Crippen LogP) is 4.79. The number of carbonyl (C=O) groups is 2. The molecule has 0 unspecified atom stereocenters. The van der Waals surface area contributed by atoms with Crippen LogP contribution >= 0.6 is 0 Å². The second kappa shape index (κ2) is 10.9. The number of hydrogen-bond acceptors (Lipinski definition) is 4. The van der Waals surface area contributed by atoms with E-state index in [1.54, 1.807) is 18.2 Å². The molecule has 6 nitrogen and oxygen atoms in total. The van der Waals surface area contributed by atoms with E-state index in [1.807, 2.05) is 45.0 Å². The standard InChI is InChI=1S/C23H28N2O4/c1-5-13-29-21-11-8-18(14-22(21)28-6-2)9-12-23(27)25-19-10-7-16(3)20(15-19)24-17(4)26/h7-12,14-15H,5-6,13H2,1-4H3,(H,24,26)(H,25,27)/b12-9+. The average molecular weight is 396 g/mol. The topological polar surface area (TPSA) is 76.7 Å². The van der Waals surface area contributed by atoms with Crippen molar-refractivity contribution in [2.45, 2.75) is 34.1 Å². The molecule has 0 fully saturated rings. The molecule has 2 aromatic carbocycles. The summed E-state index contributed by atoms with van der Waals surface area (Å²) in [5.74, 6) is 0.919. The predicted molar refractivity (Wildman–Crippen MR) is 117 cm³/mol. The summed E-state index contributed by atoms with van der Waals surface area (Å²) in [4.78, 5) is 23.6. The molecule has 0 bridgehead atoms. The Labute approximate surface area is 171 Å². The molecule has 2 rings (SSSR count). The molecule has 2 N–H and O–H groups in total. The number of benzene rings is 2. The van der Waals surface area contributed by atoms with Crippen molar-refractivity contribution in [3.63, 3.8) is 0 Å². The van der Waals surface area contributed by atoms with Gasteiger partial charge >= 0.3 is 0 Å². The molecule has 6 heteroatoms. The Kier molecular flexibility index (Phi) is 8.27. The molecular weight excluding hydrogens is 368 g/mol. The minimum absolute atomic E-state index is 0.159. The lowest BCUT2D eigenvalue weighted by molar-refractivity contribution is -0.114. The SMILES string of the molecule is CCCOc1ccc(/C=C/C(=O)Nc2ccc(C)c(NC(C)=O)c2)cc1OCC. The van der Waals surface area contributed by atoms with E-state index in [4.69, 9.17) is 9.47 Å². The van der Waals surface area contributed by atoms with Crippen LogP contribution in [0.25, 0.3) is 6.08 Å². The van der Waals surface area contributed by atoms with Crippen molar-refractivity contribution >= 4 is 29.3 Å². The first-order chi connectivity index (χ1) is 13.9. The maximum Gasteiger partial charge on any atom is 0.248 e. The molecule has 29 heavy (non-hydrogen) atoms. The minimum atomic E-state index is -0.271. The molecule has 0 saturated carbocycles. The lowest BCUT2D eigenvalue weighted by Gasteiger charge is -2.12. The molecule has 0 aromatic heterocycles. The van der Waals surface area contributed by atoms with Crippen LogP contribution < -0.4 is 20.1 Å². The number of nitrogens with one attached hydrogen (secondary N) is 2. The van der Waals surface area contributed by atoms with Crippen LogP contribution in [0.5, 0.6) is 11.5 Å². The van der Waals surface area contributed by atoms with Gasteiger partial charge in [-0.05, 0) is 61.7 Å². The number of hydrogen-bond donors (Lipinski definition) is 2. The van der Waals surface area contributed by atoms with Crippen molar-refractivity contribution in [3.8, 4) is 11.5 Å². The van der Waals surface area contributed by atoms with Crippen LogP contribution in [0.3, 0.4) is 0 Å². The van der Waals surface area contributed by atoms with E-state index >= 15 is 0 Å². The third-order valence-corrected chi connectivity index (χ3v) is 3.97. The van der Waals surface area contributed by atoms with Crippen molar-refractivity contribution in [1.82, 2.24) is 0 Å². The van der Waals surface area contributed by atoms with E-state index in [1.165, 1.54) is 13.0 Å². The second-order valence-corrected chi connectivity index (χ2v) is 6.52. The van der Waals surface area contributed by atoms with Crippen molar-refractivity contribution < 1.29 is 19.1 Å². The fourth-order valence-corrected chi connectivity index (χ4v) is 2.61. The first kappa shape index (κ1) is 22.0. The molecule has 2 amide bonds. The number of anilines is 2. The summed E-state index contributed by atoms with van der Waals surface area (Å²) in [5, 5.41) is 5.55. The monoisotopic (exact) mass is 396 g/mol. The van der Waals surface area contributed by atoms with E-state index < -0.39 is 0 Å². The molecular formula is C23H28N2O4. The molecule has 0 heterocycles. The molecule has 154 valence electrons. The van der Waals surface area contributed by atoms with Crippen LogP contribution in [-0.2, 0) is 9.59 Å². The Balaban J connectivity index is 2.08. The van der Waals surface area contributed by atoms with Gasteiger partial charge < -0.3 is 20.1 Å². The van der Waals surface area contributed by atoms with Crippen LogP contribution in [-0.4, -0.2) is 25.0 Å². The summed E-state index contributed by atoms with van der Waals surface area (Å²) in [7, 11) is 0. The Morgan fingerprint density at radius 3 is 2.48 bits per heavy atom. The van der Waals surface area contributed by atoms with Crippen LogP contribution in [0.4, 0.5) is 11.4 Å². The van der Waals surface area contributed by atoms with Crippen molar-refractivity contribution in [3.05, 3.63) is 53.6 Å². The van der Waals surface area contributed by atoms with Crippen LogP contribution in [0.15, 0.2) is 42.5 Å². The van der Waals surface area contributed by atoms with E-state index in [-0.39, 0.29) is 11.8 Å². The van der Waals surface area contributed by atoms with E-state index in [2.05, 4.69) is 10.6 Å². The Bertz CT molecular complexity index is 890. The average Bonchev–Trinajstić information content (AvgIpc) is 2.68. The summed E-state index contributed by atoms with van der Waals surface area (Å²) in [6.07, 6.45) is 4.08. The molecule has 0 atom stereocenters. The Morgan fingerprint density at radius 1 is 1.00 bits per heavy atom. The third kappa shape index (κ3) is 6.99. The summed E-state index contributed by atoms with van der Waals surface area (Å²) < 4.78 is 11.3. The fraction of sp³-hybridized carbons (Fsp3) is 0.304. The van der Waals surface area contributed by atoms with Gasteiger partial charge in [-0.25, -0.2) is 0 Å². The van der Waals surface area contributed by atoms with Gasteiger partial charge in [-0.3, -0.25) is 9.59 Å². The third-order valence-electron chi connectivity index (χ3n) is 3.97. The number of aryl methyl sites for hydroxylation is 1. The van der Waals surface area contributed by atoms with Gasteiger partial charge in [0.2, 0.25) is 11.8 Å². The number of carbonyl (C=O) groups excluding carboxylic acids is 2. The highest BCUT2D eigenvalue weighted by Gasteiger charge is 2.07. The molecule has 2 aromatic rings.